The largest absolute Gasteiger partial charge is 0.252 e. The van der Waals surface area contributed by atoms with E-state index in [-0.39, 0.29) is 0 Å². The summed E-state index contributed by atoms with van der Waals surface area (Å²) in [5, 5.41) is 7.35. The zero-order chi connectivity index (χ0) is 28.3. The Kier molecular flexibility index (Phi) is 5.40. The normalized spacial score (nSPS) is 11.7. The van der Waals surface area contributed by atoms with E-state index in [1.54, 1.807) is 12.4 Å². The molecule has 7 aromatic carbocycles. The number of benzene rings is 7. The molecule has 0 aliphatic carbocycles. The van der Waals surface area contributed by atoms with E-state index in [0.717, 1.165) is 21.8 Å². The van der Waals surface area contributed by atoms with Crippen molar-refractivity contribution >= 4 is 64.1 Å². The van der Waals surface area contributed by atoms with Crippen molar-refractivity contribution in [3.63, 3.8) is 0 Å². The summed E-state index contributed by atoms with van der Waals surface area (Å²) in [6, 6.07) is 48.4. The average Bonchev–Trinajstić information content (AvgIpc) is 3.47. The van der Waals surface area contributed by atoms with Crippen LogP contribution in [-0.4, -0.2) is 9.97 Å². The van der Waals surface area contributed by atoms with Gasteiger partial charge >= 0.3 is 0 Å². The lowest BCUT2D eigenvalue weighted by Crippen LogP contribution is -1.89. The van der Waals surface area contributed by atoms with Gasteiger partial charge in [-0.15, -0.1) is 11.3 Å². The lowest BCUT2D eigenvalue weighted by Gasteiger charge is -2.11. The van der Waals surface area contributed by atoms with E-state index in [0.29, 0.717) is 0 Å². The van der Waals surface area contributed by atoms with Gasteiger partial charge in [0.05, 0.1) is 11.0 Å². The third kappa shape index (κ3) is 3.86. The van der Waals surface area contributed by atoms with Crippen LogP contribution in [0.4, 0.5) is 0 Å². The predicted octanol–water partition coefficient (Wildman–Crippen LogP) is 11.3. The molecule has 0 saturated carbocycles. The minimum Gasteiger partial charge on any atom is -0.252 e. The van der Waals surface area contributed by atoms with Gasteiger partial charge in [-0.2, -0.15) is 0 Å². The Labute approximate surface area is 252 Å². The molecule has 0 spiro atoms. The van der Waals surface area contributed by atoms with E-state index in [1.165, 1.54) is 64.3 Å². The predicted molar refractivity (Wildman–Crippen MR) is 184 cm³/mol. The van der Waals surface area contributed by atoms with Gasteiger partial charge in [-0.25, -0.2) is 0 Å². The molecule has 3 heteroatoms. The SMILES string of the molecule is c1ccc2c(c1)sc1c(-c3ccc(-c4ccc(-c5ccc6c(c5)c5ccccc5c5nccnc65)cc4)cc3)cccc12. The number of rotatable bonds is 3. The van der Waals surface area contributed by atoms with Gasteiger partial charge in [-0.05, 0) is 56.3 Å². The number of fused-ring (bicyclic) bond motifs is 9. The van der Waals surface area contributed by atoms with Crippen LogP contribution in [0.3, 0.4) is 0 Å². The number of thiophene rings is 1. The van der Waals surface area contributed by atoms with Crippen molar-refractivity contribution in [2.75, 3.05) is 0 Å². The second kappa shape index (κ2) is 9.59. The smallest absolute Gasteiger partial charge is 0.0971 e. The van der Waals surface area contributed by atoms with Crippen LogP contribution in [0.15, 0.2) is 146 Å². The van der Waals surface area contributed by atoms with Crippen LogP contribution < -0.4 is 0 Å². The Hall–Kier alpha value is -5.38. The highest BCUT2D eigenvalue weighted by atomic mass is 32.1. The minimum absolute atomic E-state index is 0.949. The Morgan fingerprint density at radius 3 is 1.63 bits per heavy atom. The summed E-state index contributed by atoms with van der Waals surface area (Å²) >= 11 is 1.88. The fourth-order valence-corrected chi connectivity index (χ4v) is 7.72. The Bertz CT molecular complexity index is 2450. The standard InChI is InChI=1S/C40H24N2S/c1-2-8-33-31(6-1)36-24-29(20-21-34(36)39-38(33)41-22-23-42-39)27-14-12-25(13-15-27)26-16-18-28(19-17-26)30-9-5-10-35-32-7-3-4-11-37(32)43-40(30)35/h1-24H. The number of nitrogens with zero attached hydrogens (tertiary/aromatic N) is 2. The molecule has 0 aliphatic rings. The van der Waals surface area contributed by atoms with Gasteiger partial charge in [0.25, 0.3) is 0 Å². The first-order valence-corrected chi connectivity index (χ1v) is 15.3. The van der Waals surface area contributed by atoms with Crippen molar-refractivity contribution in [2.45, 2.75) is 0 Å². The molecule has 0 N–H and O–H groups in total. The summed E-state index contributed by atoms with van der Waals surface area (Å²) in [4.78, 5) is 9.36. The number of hydrogen-bond acceptors (Lipinski definition) is 3. The summed E-state index contributed by atoms with van der Waals surface area (Å²) in [6.45, 7) is 0. The monoisotopic (exact) mass is 564 g/mol. The molecule has 0 unspecified atom stereocenters. The van der Waals surface area contributed by atoms with Crippen LogP contribution in [0.2, 0.25) is 0 Å². The van der Waals surface area contributed by atoms with Crippen molar-refractivity contribution in [1.82, 2.24) is 9.97 Å². The first kappa shape index (κ1) is 24.2. The molecule has 0 fully saturated rings. The molecule has 2 heterocycles. The molecule has 0 bridgehead atoms. The van der Waals surface area contributed by atoms with Gasteiger partial charge in [-0.3, -0.25) is 9.97 Å². The third-order valence-corrected chi connectivity index (χ3v) is 9.82. The highest BCUT2D eigenvalue weighted by Crippen LogP contribution is 2.40. The second-order valence-corrected chi connectivity index (χ2v) is 12.0. The summed E-state index contributed by atoms with van der Waals surface area (Å²) in [5.74, 6) is 0. The maximum Gasteiger partial charge on any atom is 0.0971 e. The van der Waals surface area contributed by atoms with Gasteiger partial charge in [0, 0.05) is 43.3 Å². The van der Waals surface area contributed by atoms with Gasteiger partial charge in [-0.1, -0.05) is 121 Å². The first-order valence-electron chi connectivity index (χ1n) is 14.5. The molecule has 0 atom stereocenters. The van der Waals surface area contributed by atoms with E-state index >= 15 is 0 Å². The van der Waals surface area contributed by atoms with Gasteiger partial charge in [0.1, 0.15) is 0 Å². The summed E-state index contributed by atoms with van der Waals surface area (Å²) in [7, 11) is 0. The third-order valence-electron chi connectivity index (χ3n) is 8.60. The van der Waals surface area contributed by atoms with Crippen LogP contribution in [0.25, 0.3) is 86.1 Å². The summed E-state index contributed by atoms with van der Waals surface area (Å²) in [5.41, 5.74) is 9.26. The zero-order valence-corrected chi connectivity index (χ0v) is 24.0. The molecule has 200 valence electrons. The lowest BCUT2D eigenvalue weighted by molar-refractivity contribution is 1.31. The molecule has 2 nitrogen and oxygen atoms in total. The van der Waals surface area contributed by atoms with Crippen LogP contribution in [-0.2, 0) is 0 Å². The van der Waals surface area contributed by atoms with Crippen molar-refractivity contribution in [3.8, 4) is 33.4 Å². The lowest BCUT2D eigenvalue weighted by atomic mass is 9.94. The molecule has 9 rings (SSSR count). The molecular weight excluding hydrogens is 541 g/mol. The Balaban J connectivity index is 1.07. The van der Waals surface area contributed by atoms with Gasteiger partial charge < -0.3 is 0 Å². The van der Waals surface area contributed by atoms with E-state index in [9.17, 15) is 0 Å². The molecule has 0 radical (unpaired) electrons. The first-order chi connectivity index (χ1) is 21.3. The maximum absolute atomic E-state index is 4.70. The fraction of sp³-hybridized carbons (Fsp3) is 0. The van der Waals surface area contributed by atoms with E-state index in [2.05, 4.69) is 138 Å². The van der Waals surface area contributed by atoms with E-state index < -0.39 is 0 Å². The summed E-state index contributed by atoms with van der Waals surface area (Å²) < 4.78 is 2.69. The van der Waals surface area contributed by atoms with Crippen molar-refractivity contribution in [1.29, 1.82) is 0 Å². The molecule has 0 amide bonds. The van der Waals surface area contributed by atoms with E-state index in [4.69, 9.17) is 4.98 Å². The van der Waals surface area contributed by atoms with Gasteiger partial charge in [0.2, 0.25) is 0 Å². The van der Waals surface area contributed by atoms with Gasteiger partial charge in [0.15, 0.2) is 0 Å². The molecule has 2 aromatic heterocycles. The molecule has 43 heavy (non-hydrogen) atoms. The van der Waals surface area contributed by atoms with Crippen molar-refractivity contribution < 1.29 is 0 Å². The quantitative estimate of drug-likeness (QED) is 0.199. The highest BCUT2D eigenvalue weighted by Gasteiger charge is 2.12. The number of hydrogen-bond donors (Lipinski definition) is 0. The topological polar surface area (TPSA) is 25.8 Å². The van der Waals surface area contributed by atoms with Crippen LogP contribution in [0, 0.1) is 0 Å². The summed E-state index contributed by atoms with van der Waals surface area (Å²) in [6.07, 6.45) is 3.55. The van der Waals surface area contributed by atoms with Crippen molar-refractivity contribution in [2.24, 2.45) is 0 Å². The highest BCUT2D eigenvalue weighted by molar-refractivity contribution is 7.26. The number of aromatic nitrogens is 2. The minimum atomic E-state index is 0.949. The van der Waals surface area contributed by atoms with Crippen LogP contribution >= 0.6 is 11.3 Å². The second-order valence-electron chi connectivity index (χ2n) is 11.0. The van der Waals surface area contributed by atoms with Crippen LogP contribution in [0.5, 0.6) is 0 Å². The zero-order valence-electron chi connectivity index (χ0n) is 23.2. The van der Waals surface area contributed by atoms with Crippen LogP contribution in [0.1, 0.15) is 0 Å². The maximum atomic E-state index is 4.70. The molecular formula is C40H24N2S. The van der Waals surface area contributed by atoms with E-state index in [1.807, 2.05) is 11.3 Å². The Morgan fingerprint density at radius 1 is 0.372 bits per heavy atom. The fourth-order valence-electron chi connectivity index (χ4n) is 6.48. The molecule has 9 aromatic rings. The Morgan fingerprint density at radius 2 is 0.907 bits per heavy atom. The van der Waals surface area contributed by atoms with Crippen molar-refractivity contribution in [3.05, 3.63) is 146 Å². The average molecular weight is 565 g/mol. The molecule has 0 saturated heterocycles. The molecule has 0 aliphatic heterocycles.